The molecule has 48 valence electrons. The summed E-state index contributed by atoms with van der Waals surface area (Å²) in [5.74, 6) is 0. The van der Waals surface area contributed by atoms with E-state index in [1.54, 1.807) is 0 Å². The minimum Gasteiger partial charge on any atom is -0.330 e. The monoisotopic (exact) mass is 133 g/mol. The van der Waals surface area contributed by atoms with Gasteiger partial charge in [-0.1, -0.05) is 18.2 Å². The van der Waals surface area contributed by atoms with Gasteiger partial charge in [0, 0.05) is 5.03 Å². The van der Waals surface area contributed by atoms with E-state index >= 15 is 0 Å². The van der Waals surface area contributed by atoms with Crippen molar-refractivity contribution in [3.8, 4) is 0 Å². The van der Waals surface area contributed by atoms with Crippen LogP contribution in [0.2, 0.25) is 0 Å². The predicted molar refractivity (Wildman–Crippen MR) is 37.9 cm³/mol. The maximum Gasteiger partial charge on any atom is 0.0109 e. The fourth-order valence-electron chi connectivity index (χ4n) is 0.461. The zero-order valence-corrected chi connectivity index (χ0v) is 5.75. The second-order valence-electron chi connectivity index (χ2n) is 1.76. The highest BCUT2D eigenvalue weighted by Gasteiger charge is 1.86. The molecule has 2 N–H and O–H groups in total. The number of hydrogen-bond donors (Lipinski definition) is 1. The van der Waals surface area contributed by atoms with Crippen molar-refractivity contribution in [1.82, 2.24) is 0 Å². The summed E-state index contributed by atoms with van der Waals surface area (Å²) in [4.78, 5) is 0. The van der Waals surface area contributed by atoms with Crippen LogP contribution in [0.25, 0.3) is 0 Å². The Morgan fingerprint density at radius 2 is 2.12 bits per heavy atom. The molecule has 0 amide bonds. The first-order valence-electron chi connectivity index (χ1n) is 2.80. The Balaban J connectivity index is 2.82. The van der Waals surface area contributed by atoms with Crippen LogP contribution >= 0.6 is 11.6 Å². The molecular weight excluding hydrogens is 122 g/mol. The summed E-state index contributed by atoms with van der Waals surface area (Å²) in [6.07, 6.45) is 3.02. The lowest BCUT2D eigenvalue weighted by Gasteiger charge is -1.93. The van der Waals surface area contributed by atoms with Gasteiger partial charge in [-0.15, -0.1) is 0 Å². The Hall–Kier alpha value is -0.0100. The van der Waals surface area contributed by atoms with Gasteiger partial charge >= 0.3 is 0 Å². The van der Waals surface area contributed by atoms with E-state index in [0.29, 0.717) is 0 Å². The number of hydrogen-bond acceptors (Lipinski definition) is 1. The molecular formula is C6H12ClN. The van der Waals surface area contributed by atoms with E-state index in [0.717, 1.165) is 30.8 Å². The van der Waals surface area contributed by atoms with E-state index in [9.17, 15) is 0 Å². The molecule has 0 aliphatic carbocycles. The number of rotatable bonds is 4. The lowest BCUT2D eigenvalue weighted by atomic mass is 10.2. The quantitative estimate of drug-likeness (QED) is 0.583. The molecule has 0 bridgehead atoms. The fourth-order valence-corrected chi connectivity index (χ4v) is 0.595. The van der Waals surface area contributed by atoms with Crippen molar-refractivity contribution in [2.24, 2.45) is 5.73 Å². The summed E-state index contributed by atoms with van der Waals surface area (Å²) < 4.78 is 0. The van der Waals surface area contributed by atoms with E-state index in [2.05, 4.69) is 6.58 Å². The predicted octanol–water partition coefficient (Wildman–Crippen LogP) is 1.87. The second kappa shape index (κ2) is 5.13. The average molecular weight is 134 g/mol. The van der Waals surface area contributed by atoms with Crippen LogP contribution in [0.3, 0.4) is 0 Å². The lowest BCUT2D eigenvalue weighted by molar-refractivity contribution is 0.754. The summed E-state index contributed by atoms with van der Waals surface area (Å²) in [5.41, 5.74) is 5.24. The van der Waals surface area contributed by atoms with Gasteiger partial charge in [-0.05, 0) is 25.8 Å². The van der Waals surface area contributed by atoms with Crippen LogP contribution in [-0.2, 0) is 0 Å². The smallest absolute Gasteiger partial charge is 0.0109 e. The van der Waals surface area contributed by atoms with Crippen molar-refractivity contribution < 1.29 is 0 Å². The first-order valence-corrected chi connectivity index (χ1v) is 3.18. The van der Waals surface area contributed by atoms with Crippen LogP contribution in [0.5, 0.6) is 0 Å². The molecule has 2 heteroatoms. The largest absolute Gasteiger partial charge is 0.330 e. The molecule has 0 radical (unpaired) electrons. The van der Waals surface area contributed by atoms with Crippen LogP contribution in [0.15, 0.2) is 11.6 Å². The van der Waals surface area contributed by atoms with Crippen molar-refractivity contribution in [1.29, 1.82) is 0 Å². The third-order valence-electron chi connectivity index (χ3n) is 0.902. The standard InChI is InChI=1S/C6H12ClN/c1-6(7)4-2-3-5-8/h1-5,8H2. The van der Waals surface area contributed by atoms with Gasteiger partial charge in [0.25, 0.3) is 0 Å². The Labute approximate surface area is 55.5 Å². The number of allylic oxidation sites excluding steroid dienone is 1. The molecule has 0 aromatic rings. The third kappa shape index (κ3) is 5.99. The van der Waals surface area contributed by atoms with Gasteiger partial charge in [0.1, 0.15) is 0 Å². The molecule has 0 aromatic carbocycles. The van der Waals surface area contributed by atoms with Crippen LogP contribution in [0.4, 0.5) is 0 Å². The van der Waals surface area contributed by atoms with Gasteiger partial charge in [0.15, 0.2) is 0 Å². The van der Waals surface area contributed by atoms with Crippen molar-refractivity contribution >= 4 is 11.6 Å². The Bertz CT molecular complexity index is 70.9. The van der Waals surface area contributed by atoms with Gasteiger partial charge in [0.2, 0.25) is 0 Å². The van der Waals surface area contributed by atoms with Gasteiger partial charge < -0.3 is 5.73 Å². The second-order valence-corrected chi connectivity index (χ2v) is 2.30. The van der Waals surface area contributed by atoms with Crippen molar-refractivity contribution in [2.45, 2.75) is 19.3 Å². The lowest BCUT2D eigenvalue weighted by Crippen LogP contribution is -1.97. The Morgan fingerprint density at radius 3 is 2.50 bits per heavy atom. The molecule has 0 heterocycles. The molecule has 0 rings (SSSR count). The highest BCUT2D eigenvalue weighted by atomic mass is 35.5. The molecule has 0 fully saturated rings. The Kier molecular flexibility index (Phi) is 5.13. The highest BCUT2D eigenvalue weighted by molar-refractivity contribution is 6.29. The SMILES string of the molecule is C=C(Cl)CCCCN. The van der Waals surface area contributed by atoms with Gasteiger partial charge in [-0.25, -0.2) is 0 Å². The van der Waals surface area contributed by atoms with E-state index in [-0.39, 0.29) is 0 Å². The van der Waals surface area contributed by atoms with Crippen molar-refractivity contribution in [3.05, 3.63) is 11.6 Å². The maximum absolute atomic E-state index is 5.48. The van der Waals surface area contributed by atoms with Gasteiger partial charge in [0.05, 0.1) is 0 Å². The molecule has 0 atom stereocenters. The van der Waals surface area contributed by atoms with E-state index < -0.39 is 0 Å². The number of unbranched alkanes of at least 4 members (excludes halogenated alkanes) is 1. The van der Waals surface area contributed by atoms with Crippen LogP contribution in [0.1, 0.15) is 19.3 Å². The molecule has 1 nitrogen and oxygen atoms in total. The minimum atomic E-state index is 0.735. The number of halogens is 1. The summed E-state index contributed by atoms with van der Waals surface area (Å²) >= 11 is 5.48. The van der Waals surface area contributed by atoms with Crippen molar-refractivity contribution in [3.63, 3.8) is 0 Å². The first kappa shape index (κ1) is 7.99. The van der Waals surface area contributed by atoms with Gasteiger partial charge in [-0.3, -0.25) is 0 Å². The van der Waals surface area contributed by atoms with E-state index in [1.165, 1.54) is 0 Å². The molecule has 0 saturated carbocycles. The average Bonchev–Trinajstić information content (AvgIpc) is 1.66. The highest BCUT2D eigenvalue weighted by Crippen LogP contribution is 2.07. The zero-order chi connectivity index (χ0) is 6.41. The minimum absolute atomic E-state index is 0.735. The molecule has 0 unspecified atom stereocenters. The van der Waals surface area contributed by atoms with Gasteiger partial charge in [-0.2, -0.15) is 0 Å². The normalized spacial score (nSPS) is 9.25. The summed E-state index contributed by atoms with van der Waals surface area (Å²) in [6, 6.07) is 0. The third-order valence-corrected chi connectivity index (χ3v) is 1.09. The molecule has 0 aliphatic heterocycles. The summed E-state index contributed by atoms with van der Waals surface area (Å²) in [5, 5.41) is 0.735. The molecule has 8 heavy (non-hydrogen) atoms. The molecule has 0 aliphatic rings. The first-order chi connectivity index (χ1) is 3.77. The van der Waals surface area contributed by atoms with Crippen molar-refractivity contribution in [2.75, 3.05) is 6.54 Å². The molecule has 0 spiro atoms. The van der Waals surface area contributed by atoms with E-state index in [4.69, 9.17) is 17.3 Å². The van der Waals surface area contributed by atoms with Crippen LogP contribution in [-0.4, -0.2) is 6.54 Å². The van der Waals surface area contributed by atoms with Crippen LogP contribution in [0, 0.1) is 0 Å². The summed E-state index contributed by atoms with van der Waals surface area (Å²) in [7, 11) is 0. The number of nitrogens with two attached hydrogens (primary N) is 1. The zero-order valence-electron chi connectivity index (χ0n) is 4.99. The molecule has 0 aromatic heterocycles. The maximum atomic E-state index is 5.48. The topological polar surface area (TPSA) is 26.0 Å². The Morgan fingerprint density at radius 1 is 1.50 bits per heavy atom. The summed E-state index contributed by atoms with van der Waals surface area (Å²) in [6.45, 7) is 4.31. The van der Waals surface area contributed by atoms with E-state index in [1.807, 2.05) is 0 Å². The fraction of sp³-hybridized carbons (Fsp3) is 0.667. The molecule has 0 saturated heterocycles. The van der Waals surface area contributed by atoms with Crippen LogP contribution < -0.4 is 5.73 Å².